The molecule has 6 aromatic carbocycles. The predicted octanol–water partition coefficient (Wildman–Crippen LogP) is 17.5. The van der Waals surface area contributed by atoms with Crippen molar-refractivity contribution < 1.29 is 6.48 Å². The van der Waals surface area contributed by atoms with Crippen molar-refractivity contribution >= 4 is 11.0 Å². The van der Waals surface area contributed by atoms with Gasteiger partial charge in [0.25, 0.3) is 0 Å². The van der Waals surface area contributed by atoms with Crippen molar-refractivity contribution in [3.05, 3.63) is 167 Å². The van der Waals surface area contributed by atoms with E-state index in [2.05, 4.69) is 221 Å². The second-order valence-electron chi connectivity index (χ2n) is 21.8. The van der Waals surface area contributed by atoms with Gasteiger partial charge in [0.05, 0.1) is 28.0 Å². The molecular formula is C62H69N3O. The number of nitrogens with zero attached hydrogens (tertiary/aromatic N) is 3. The first-order valence-electron chi connectivity index (χ1n) is 24.3. The van der Waals surface area contributed by atoms with Gasteiger partial charge in [0.1, 0.15) is 11.6 Å². The summed E-state index contributed by atoms with van der Waals surface area (Å²) in [6.07, 6.45) is 1.90. The summed E-state index contributed by atoms with van der Waals surface area (Å²) in [6.45, 7) is 31.0. The molecule has 2 aromatic heterocycles. The van der Waals surface area contributed by atoms with E-state index >= 15 is 0 Å². The van der Waals surface area contributed by atoms with Gasteiger partial charge in [0, 0.05) is 24.3 Å². The van der Waals surface area contributed by atoms with E-state index in [4.69, 9.17) is 11.3 Å². The summed E-state index contributed by atoms with van der Waals surface area (Å²) in [5, 5.41) is 12.4. The minimum absolute atomic E-state index is 0.00327. The van der Waals surface area contributed by atoms with E-state index in [-0.39, 0.29) is 33.8 Å². The van der Waals surface area contributed by atoms with E-state index < -0.39 is 5.89 Å². The normalized spacial score (nSPS) is 12.9. The first kappa shape index (κ1) is 44.9. The molecule has 8 rings (SSSR count). The van der Waals surface area contributed by atoms with Crippen LogP contribution in [0.5, 0.6) is 5.75 Å². The largest absolute Gasteiger partial charge is 0.507 e. The summed E-state index contributed by atoms with van der Waals surface area (Å²) in [6, 6.07) is 47.9. The molecule has 1 N–H and O–H groups in total. The number of hydrogen-bond donors (Lipinski definition) is 1. The van der Waals surface area contributed by atoms with Crippen LogP contribution in [0.4, 0.5) is 0 Å². The van der Waals surface area contributed by atoms with Crippen molar-refractivity contribution in [2.24, 2.45) is 5.41 Å². The number of phenols is 1. The third-order valence-electron chi connectivity index (χ3n) is 14.3. The summed E-state index contributed by atoms with van der Waals surface area (Å²) in [5.41, 5.74) is 17.1. The number of fused-ring (bicyclic) bond motifs is 1. The quantitative estimate of drug-likeness (QED) is 0.149. The molecule has 0 fully saturated rings. The molecule has 0 amide bonds. The molecule has 4 heteroatoms. The average Bonchev–Trinajstić information content (AvgIpc) is 3.67. The van der Waals surface area contributed by atoms with Gasteiger partial charge in [0.2, 0.25) is 0 Å². The van der Waals surface area contributed by atoms with E-state index in [1.807, 2.05) is 20.0 Å². The van der Waals surface area contributed by atoms with Gasteiger partial charge in [-0.05, 0) is 133 Å². The number of para-hydroxylation sites is 1. The number of aromatic nitrogens is 3. The van der Waals surface area contributed by atoms with Crippen LogP contribution >= 0.6 is 0 Å². The van der Waals surface area contributed by atoms with Gasteiger partial charge in [-0.3, -0.25) is 9.55 Å². The van der Waals surface area contributed by atoms with E-state index in [0.717, 1.165) is 83.6 Å². The van der Waals surface area contributed by atoms with Crippen molar-refractivity contribution in [1.82, 2.24) is 14.5 Å². The number of imidazole rings is 1. The number of rotatable bonds is 10. The molecule has 8 aromatic rings. The SMILES string of the molecule is [2H]C(C)(C)c1ccc(-c2ccnc(-c3cc(-c4cccc5c4nc(-c4cc(C(C)C)cc(C(C)C)c4O)n5-c4ccc(C(C)(C)C(C)(C)C)cc4-c4ccccc4)cc(C(C)(C)C)c3)c2)cc1. The van der Waals surface area contributed by atoms with Crippen LogP contribution in [0.1, 0.15) is 144 Å². The Labute approximate surface area is 396 Å². The van der Waals surface area contributed by atoms with E-state index in [1.165, 1.54) is 11.1 Å². The zero-order valence-corrected chi connectivity index (χ0v) is 41.7. The summed E-state index contributed by atoms with van der Waals surface area (Å²) >= 11 is 0. The van der Waals surface area contributed by atoms with Gasteiger partial charge >= 0.3 is 0 Å². The Balaban J connectivity index is 1.42. The van der Waals surface area contributed by atoms with Gasteiger partial charge < -0.3 is 5.11 Å². The fourth-order valence-electron chi connectivity index (χ4n) is 8.91. The molecule has 66 heavy (non-hydrogen) atoms. The van der Waals surface area contributed by atoms with Crippen LogP contribution in [0, 0.1) is 5.41 Å². The summed E-state index contributed by atoms with van der Waals surface area (Å²) in [4.78, 5) is 10.7. The highest BCUT2D eigenvalue weighted by Gasteiger charge is 2.35. The number of aromatic hydroxyl groups is 1. The van der Waals surface area contributed by atoms with Crippen molar-refractivity contribution in [1.29, 1.82) is 0 Å². The van der Waals surface area contributed by atoms with E-state index in [9.17, 15) is 5.11 Å². The molecule has 0 spiro atoms. The highest BCUT2D eigenvalue weighted by molar-refractivity contribution is 5.98. The van der Waals surface area contributed by atoms with Gasteiger partial charge in [-0.2, -0.15) is 0 Å². The Kier molecular flexibility index (Phi) is 11.9. The maximum Gasteiger partial charge on any atom is 0.149 e. The standard InChI is InChI=1S/C62H69N3O/c1-38(2)41-23-25-42(26-24-41)44-29-30-63-54(36-44)47-31-46(32-49(33-47)60(7,8)9)50-21-18-22-56-57(50)64-59(53-35-45(39(3)4)34-51(40(5)6)58(53)66)65(56)55-28-27-48(62(13,14)61(10,11)12)37-52(55)43-19-16-15-17-20-43/h15-40,66H,1-14H3/i38D. The molecular weight excluding hydrogens is 803 g/mol. The van der Waals surface area contributed by atoms with Crippen molar-refractivity contribution in [2.75, 3.05) is 0 Å². The maximum absolute atomic E-state index is 12.4. The Morgan fingerprint density at radius 3 is 1.88 bits per heavy atom. The zero-order valence-electron chi connectivity index (χ0n) is 42.7. The van der Waals surface area contributed by atoms with Crippen LogP contribution in [0.3, 0.4) is 0 Å². The minimum atomic E-state index is -0.668. The third kappa shape index (κ3) is 8.75. The van der Waals surface area contributed by atoms with Crippen LogP contribution in [-0.2, 0) is 10.8 Å². The van der Waals surface area contributed by atoms with Crippen LogP contribution < -0.4 is 0 Å². The second kappa shape index (κ2) is 17.5. The Bertz CT molecular complexity index is 3100. The molecule has 0 saturated carbocycles. The lowest BCUT2D eigenvalue weighted by Gasteiger charge is -2.40. The van der Waals surface area contributed by atoms with Crippen molar-refractivity contribution in [3.8, 4) is 67.5 Å². The molecule has 0 radical (unpaired) electrons. The second-order valence-corrected chi connectivity index (χ2v) is 21.8. The molecule has 0 atom stereocenters. The summed E-state index contributed by atoms with van der Waals surface area (Å²) in [5.74, 6) is 0.643. The average molecular weight is 873 g/mol. The third-order valence-corrected chi connectivity index (χ3v) is 14.3. The number of pyridine rings is 1. The molecule has 0 aliphatic rings. The Hall–Kier alpha value is -6.26. The maximum atomic E-state index is 12.4. The van der Waals surface area contributed by atoms with Gasteiger partial charge in [-0.15, -0.1) is 0 Å². The number of phenolic OH excluding ortho intramolecular Hbond substituents is 1. The van der Waals surface area contributed by atoms with Gasteiger partial charge in [0.15, 0.2) is 0 Å². The molecule has 0 bridgehead atoms. The number of hydrogen-bond acceptors (Lipinski definition) is 3. The first-order valence-corrected chi connectivity index (χ1v) is 23.8. The van der Waals surface area contributed by atoms with Crippen molar-refractivity contribution in [3.63, 3.8) is 0 Å². The van der Waals surface area contributed by atoms with Crippen LogP contribution in [0.25, 0.3) is 72.7 Å². The highest BCUT2D eigenvalue weighted by atomic mass is 16.3. The molecule has 4 nitrogen and oxygen atoms in total. The fraction of sp³-hybridized carbons (Fsp3) is 0.323. The molecule has 0 saturated heterocycles. The number of benzene rings is 6. The van der Waals surface area contributed by atoms with Gasteiger partial charge in [-0.25, -0.2) is 4.98 Å². The smallest absolute Gasteiger partial charge is 0.149 e. The molecule has 0 unspecified atom stereocenters. The summed E-state index contributed by atoms with van der Waals surface area (Å²) < 4.78 is 10.8. The predicted molar refractivity (Wildman–Crippen MR) is 281 cm³/mol. The zero-order chi connectivity index (χ0) is 48.4. The van der Waals surface area contributed by atoms with Crippen LogP contribution in [0.2, 0.25) is 0 Å². The minimum Gasteiger partial charge on any atom is -0.507 e. The lowest BCUT2D eigenvalue weighted by atomic mass is 9.65. The monoisotopic (exact) mass is 873 g/mol. The molecule has 0 aliphatic carbocycles. The van der Waals surface area contributed by atoms with Gasteiger partial charge in [-0.1, -0.05) is 182 Å². The van der Waals surface area contributed by atoms with Crippen LogP contribution in [0.15, 0.2) is 140 Å². The molecule has 2 heterocycles. The van der Waals surface area contributed by atoms with Crippen molar-refractivity contribution in [2.45, 2.75) is 125 Å². The first-order chi connectivity index (χ1) is 31.4. The van der Waals surface area contributed by atoms with E-state index in [1.54, 1.807) is 0 Å². The lowest BCUT2D eigenvalue weighted by molar-refractivity contribution is 0.225. The highest BCUT2D eigenvalue weighted by Crippen LogP contribution is 2.47. The topological polar surface area (TPSA) is 50.9 Å². The molecule has 0 aliphatic heterocycles. The fourth-order valence-corrected chi connectivity index (χ4v) is 8.91. The summed E-state index contributed by atoms with van der Waals surface area (Å²) in [7, 11) is 0. The Morgan fingerprint density at radius 2 is 1.24 bits per heavy atom. The van der Waals surface area contributed by atoms with Crippen LogP contribution in [-0.4, -0.2) is 19.6 Å². The van der Waals surface area contributed by atoms with E-state index in [0.29, 0.717) is 5.82 Å². The Morgan fingerprint density at radius 1 is 0.545 bits per heavy atom. The molecule has 338 valence electrons. The lowest BCUT2D eigenvalue weighted by Crippen LogP contribution is -2.34.